The van der Waals surface area contributed by atoms with E-state index in [-0.39, 0.29) is 6.04 Å². The summed E-state index contributed by atoms with van der Waals surface area (Å²) >= 11 is 0. The van der Waals surface area contributed by atoms with Crippen molar-refractivity contribution in [2.45, 2.75) is 97.8 Å². The number of hydrogen-bond acceptors (Lipinski definition) is 2. The van der Waals surface area contributed by atoms with Gasteiger partial charge in [-0.2, -0.15) is 0 Å². The summed E-state index contributed by atoms with van der Waals surface area (Å²) in [6, 6.07) is -0.0515. The van der Waals surface area contributed by atoms with E-state index in [1.165, 1.54) is 0 Å². The average molecular weight is 352 g/mol. The Morgan fingerprint density at radius 2 is 1.54 bits per heavy atom. The van der Waals surface area contributed by atoms with Gasteiger partial charge in [0.1, 0.15) is 0 Å². The molecule has 0 N–H and O–H groups in total. The van der Waals surface area contributed by atoms with Crippen LogP contribution in [-0.2, 0) is 4.43 Å². The number of rotatable bonds is 7. The number of hydrogen-bond donors (Lipinski definition) is 0. The highest BCUT2D eigenvalue weighted by Crippen LogP contribution is 2.46. The highest BCUT2D eigenvalue weighted by atomic mass is 28.4. The highest BCUT2D eigenvalue weighted by Gasteiger charge is 2.48. The van der Waals surface area contributed by atoms with Gasteiger partial charge >= 0.3 is 0 Å². The minimum Gasteiger partial charge on any atom is -0.546 e. The third kappa shape index (κ3) is 4.18. The van der Waals surface area contributed by atoms with E-state index in [0.29, 0.717) is 28.5 Å². The Labute approximate surface area is 149 Å². The predicted molar refractivity (Wildman–Crippen MR) is 105 cm³/mol. The van der Waals surface area contributed by atoms with Crippen LogP contribution in [0, 0.1) is 11.8 Å². The maximum atomic E-state index is 8.95. The first-order valence-corrected chi connectivity index (χ1v) is 11.6. The van der Waals surface area contributed by atoms with Gasteiger partial charge in [-0.15, -0.1) is 0 Å². The lowest BCUT2D eigenvalue weighted by Gasteiger charge is -2.45. The summed E-state index contributed by atoms with van der Waals surface area (Å²) in [7, 11) is -1.97. The quantitative estimate of drug-likeness (QED) is 0.207. The van der Waals surface area contributed by atoms with Crippen molar-refractivity contribution in [2.75, 3.05) is 0 Å². The zero-order chi connectivity index (χ0) is 18.7. The van der Waals surface area contributed by atoms with Crippen molar-refractivity contribution in [1.29, 1.82) is 0 Å². The van der Waals surface area contributed by atoms with Gasteiger partial charge in [-0.1, -0.05) is 60.5 Å². The molecule has 0 saturated carbocycles. The van der Waals surface area contributed by atoms with E-state index in [0.717, 1.165) is 24.2 Å². The van der Waals surface area contributed by atoms with E-state index in [1.54, 1.807) is 0 Å². The van der Waals surface area contributed by atoms with Gasteiger partial charge in [0, 0.05) is 11.3 Å². The SMILES string of the molecule is CC1=C(O[Si](C(C)C)(C(C)C)C(C)C)C[C@@H](C(C)C)C[C@@H]1N=[N+]=[N-]. The van der Waals surface area contributed by atoms with Gasteiger partial charge < -0.3 is 4.43 Å². The van der Waals surface area contributed by atoms with Crippen LogP contribution in [0.3, 0.4) is 0 Å². The first kappa shape index (κ1) is 21.1. The summed E-state index contributed by atoms with van der Waals surface area (Å²) in [4.78, 5) is 3.09. The van der Waals surface area contributed by atoms with Crippen LogP contribution in [0.15, 0.2) is 16.4 Å². The predicted octanol–water partition coefficient (Wildman–Crippen LogP) is 7.20. The van der Waals surface area contributed by atoms with E-state index in [2.05, 4.69) is 72.3 Å². The highest BCUT2D eigenvalue weighted by molar-refractivity contribution is 6.77. The van der Waals surface area contributed by atoms with Crippen molar-refractivity contribution in [1.82, 2.24) is 0 Å². The van der Waals surface area contributed by atoms with Crippen molar-refractivity contribution in [3.63, 3.8) is 0 Å². The molecule has 0 amide bonds. The summed E-state index contributed by atoms with van der Waals surface area (Å²) < 4.78 is 6.97. The number of nitrogens with zero attached hydrogens (tertiary/aromatic N) is 3. The largest absolute Gasteiger partial charge is 0.546 e. The molecule has 5 heteroatoms. The van der Waals surface area contributed by atoms with Crippen molar-refractivity contribution in [2.24, 2.45) is 17.0 Å². The summed E-state index contributed by atoms with van der Waals surface area (Å²) in [5, 5.41) is 4.07. The minimum atomic E-state index is -1.97. The fourth-order valence-electron chi connectivity index (χ4n) is 4.52. The topological polar surface area (TPSA) is 58.0 Å². The molecule has 0 aromatic rings. The Kier molecular flexibility index (Phi) is 7.42. The zero-order valence-corrected chi connectivity index (χ0v) is 18.1. The molecule has 0 aromatic carbocycles. The molecule has 0 aromatic heterocycles. The summed E-state index contributed by atoms with van der Waals surface area (Å²) in [5.41, 5.74) is 11.8. The van der Waals surface area contributed by atoms with E-state index < -0.39 is 8.32 Å². The minimum absolute atomic E-state index is 0.0515. The molecule has 0 saturated heterocycles. The lowest BCUT2D eigenvalue weighted by atomic mass is 9.79. The van der Waals surface area contributed by atoms with Crippen molar-refractivity contribution < 1.29 is 4.43 Å². The monoisotopic (exact) mass is 351 g/mol. The Bertz CT molecular complexity index is 483. The molecule has 0 unspecified atom stereocenters. The lowest BCUT2D eigenvalue weighted by Crippen LogP contribution is -2.48. The average Bonchev–Trinajstić information content (AvgIpc) is 2.46. The van der Waals surface area contributed by atoms with Crippen LogP contribution in [0.5, 0.6) is 0 Å². The molecular formula is C19H37N3OSi. The van der Waals surface area contributed by atoms with E-state index in [9.17, 15) is 0 Å². The Morgan fingerprint density at radius 3 is 1.92 bits per heavy atom. The third-order valence-electron chi connectivity index (χ3n) is 6.05. The molecule has 0 spiro atoms. The van der Waals surface area contributed by atoms with Crippen molar-refractivity contribution >= 4 is 8.32 Å². The maximum absolute atomic E-state index is 8.95. The number of allylic oxidation sites excluding steroid dienone is 1. The van der Waals surface area contributed by atoms with Gasteiger partial charge in [-0.25, -0.2) is 0 Å². The van der Waals surface area contributed by atoms with Gasteiger partial charge in [0.15, 0.2) is 0 Å². The molecule has 4 nitrogen and oxygen atoms in total. The first-order valence-electron chi connectivity index (χ1n) is 9.50. The van der Waals surface area contributed by atoms with Crippen LogP contribution in [0.25, 0.3) is 10.4 Å². The van der Waals surface area contributed by atoms with E-state index in [1.807, 2.05) is 0 Å². The normalized spacial score (nSPS) is 22.5. The lowest BCUT2D eigenvalue weighted by molar-refractivity contribution is 0.249. The summed E-state index contributed by atoms with van der Waals surface area (Å²) in [6.45, 7) is 20.5. The van der Waals surface area contributed by atoms with Crippen LogP contribution >= 0.6 is 0 Å². The van der Waals surface area contributed by atoms with E-state index >= 15 is 0 Å². The standard InChI is InChI=1S/C19H37N3OSi/c1-12(2)17-10-18(21-22-20)16(9)19(11-17)23-24(13(3)4,14(5)6)15(7)8/h12-15,17-18H,10-11H2,1-9H3/t17-,18-/m0/s1. The zero-order valence-electron chi connectivity index (χ0n) is 17.1. The van der Waals surface area contributed by atoms with Gasteiger partial charge in [-0.3, -0.25) is 0 Å². The molecule has 0 bridgehead atoms. The van der Waals surface area contributed by atoms with Gasteiger partial charge in [0.25, 0.3) is 8.32 Å². The van der Waals surface area contributed by atoms with E-state index in [4.69, 9.17) is 9.96 Å². The maximum Gasteiger partial charge on any atom is 0.258 e. The molecule has 0 radical (unpaired) electrons. The fourth-order valence-corrected chi connectivity index (χ4v) is 9.90. The molecule has 1 aliphatic carbocycles. The van der Waals surface area contributed by atoms with Crippen LogP contribution in [-0.4, -0.2) is 14.4 Å². The van der Waals surface area contributed by atoms with Crippen molar-refractivity contribution in [3.05, 3.63) is 21.8 Å². The van der Waals surface area contributed by atoms with Crippen LogP contribution < -0.4 is 0 Å². The molecule has 138 valence electrons. The van der Waals surface area contributed by atoms with Crippen LogP contribution in [0.2, 0.25) is 16.6 Å². The van der Waals surface area contributed by atoms with Crippen LogP contribution in [0.4, 0.5) is 0 Å². The second-order valence-corrected chi connectivity index (χ2v) is 14.1. The Balaban J connectivity index is 3.32. The second-order valence-electron chi connectivity index (χ2n) is 8.69. The smallest absolute Gasteiger partial charge is 0.258 e. The molecule has 1 rings (SSSR count). The fraction of sp³-hybridized carbons (Fsp3) is 0.895. The summed E-state index contributed by atoms with van der Waals surface area (Å²) in [5.74, 6) is 2.22. The second kappa shape index (κ2) is 8.44. The molecule has 2 atom stereocenters. The first-order chi connectivity index (χ1) is 11.1. The third-order valence-corrected chi connectivity index (χ3v) is 12.1. The summed E-state index contributed by atoms with van der Waals surface area (Å²) in [6.07, 6.45) is 1.93. The molecular weight excluding hydrogens is 314 g/mol. The molecule has 0 fully saturated rings. The Morgan fingerprint density at radius 1 is 1.04 bits per heavy atom. The Hall–Kier alpha value is -0.933. The molecule has 24 heavy (non-hydrogen) atoms. The molecule has 1 aliphatic rings. The number of azide groups is 1. The molecule has 0 heterocycles. The van der Waals surface area contributed by atoms with Crippen LogP contribution in [0.1, 0.15) is 75.2 Å². The molecule has 0 aliphatic heterocycles. The van der Waals surface area contributed by atoms with Gasteiger partial charge in [0.05, 0.1) is 11.8 Å². The van der Waals surface area contributed by atoms with Gasteiger partial charge in [0.2, 0.25) is 0 Å². The van der Waals surface area contributed by atoms with Gasteiger partial charge in [-0.05, 0) is 52.9 Å². The van der Waals surface area contributed by atoms with Crippen molar-refractivity contribution in [3.8, 4) is 0 Å².